The molecule has 0 radical (unpaired) electrons. The summed E-state index contributed by atoms with van der Waals surface area (Å²) in [6, 6.07) is 5.55. The number of nitrogens with zero attached hydrogens (tertiary/aromatic N) is 2. The number of benzene rings is 1. The average Bonchev–Trinajstić information content (AvgIpc) is 2.41. The summed E-state index contributed by atoms with van der Waals surface area (Å²) in [5, 5.41) is -0.551. The van der Waals surface area contributed by atoms with E-state index in [0.29, 0.717) is 6.54 Å². The van der Waals surface area contributed by atoms with Gasteiger partial charge in [-0.3, -0.25) is 4.79 Å². The van der Waals surface area contributed by atoms with Gasteiger partial charge in [0.1, 0.15) is 5.82 Å². The van der Waals surface area contributed by atoms with Crippen LogP contribution in [0.3, 0.4) is 0 Å². The first-order valence-electron chi connectivity index (χ1n) is 5.97. The van der Waals surface area contributed by atoms with Crippen molar-refractivity contribution in [1.82, 2.24) is 9.55 Å². The predicted molar refractivity (Wildman–Crippen MR) is 71.5 cm³/mol. The van der Waals surface area contributed by atoms with Crippen LogP contribution in [0.25, 0.3) is 0 Å². The topological polar surface area (TPSA) is 69.0 Å². The minimum Gasteiger partial charge on any atom is -0.312 e. The lowest BCUT2D eigenvalue weighted by Gasteiger charge is -2.06. The number of rotatable bonds is 4. The standard InChI is InChI=1S/C13H13FN2O3S/c1-2-16-8-7-15-12(13(16)17)20(18,19)9-10-5-3-4-6-11(10)14/h3-8H,2,9H2,1H3. The second-order valence-corrected chi connectivity index (χ2v) is 6.08. The van der Waals surface area contributed by atoms with Gasteiger partial charge in [-0.05, 0) is 13.0 Å². The summed E-state index contributed by atoms with van der Waals surface area (Å²) < 4.78 is 39.2. The highest BCUT2D eigenvalue weighted by Gasteiger charge is 2.23. The van der Waals surface area contributed by atoms with E-state index in [2.05, 4.69) is 4.98 Å². The zero-order valence-corrected chi connectivity index (χ0v) is 11.6. The molecule has 0 unspecified atom stereocenters. The van der Waals surface area contributed by atoms with Crippen LogP contribution in [0.1, 0.15) is 12.5 Å². The van der Waals surface area contributed by atoms with Crippen LogP contribution < -0.4 is 5.56 Å². The Morgan fingerprint density at radius 2 is 2.00 bits per heavy atom. The molecule has 5 nitrogen and oxygen atoms in total. The lowest BCUT2D eigenvalue weighted by atomic mass is 10.2. The van der Waals surface area contributed by atoms with Gasteiger partial charge < -0.3 is 4.57 Å². The summed E-state index contributed by atoms with van der Waals surface area (Å²) in [4.78, 5) is 15.6. The van der Waals surface area contributed by atoms with E-state index < -0.39 is 32.0 Å². The Labute approximate surface area is 115 Å². The molecule has 2 rings (SSSR count). The van der Waals surface area contributed by atoms with E-state index in [1.165, 1.54) is 41.2 Å². The maximum absolute atomic E-state index is 13.5. The molecule has 0 aliphatic rings. The molecule has 0 aliphatic carbocycles. The molecule has 0 saturated heterocycles. The van der Waals surface area contributed by atoms with Gasteiger partial charge in [0.15, 0.2) is 0 Å². The lowest BCUT2D eigenvalue weighted by molar-refractivity contribution is 0.577. The Balaban J connectivity index is 2.47. The molecule has 0 atom stereocenters. The van der Waals surface area contributed by atoms with Crippen LogP contribution in [0.4, 0.5) is 4.39 Å². The van der Waals surface area contributed by atoms with Gasteiger partial charge in [0.05, 0.1) is 5.75 Å². The van der Waals surface area contributed by atoms with E-state index in [0.717, 1.165) is 0 Å². The molecule has 0 spiro atoms. The summed E-state index contributed by atoms with van der Waals surface area (Å²) in [6.07, 6.45) is 2.66. The fourth-order valence-electron chi connectivity index (χ4n) is 1.78. The first-order chi connectivity index (χ1) is 9.45. The summed E-state index contributed by atoms with van der Waals surface area (Å²) in [5.41, 5.74) is -0.674. The number of halogens is 1. The molecular formula is C13H13FN2O3S. The van der Waals surface area contributed by atoms with Crippen LogP contribution in [-0.2, 0) is 22.1 Å². The van der Waals surface area contributed by atoms with Crippen LogP contribution in [0, 0.1) is 5.82 Å². The third-order valence-electron chi connectivity index (χ3n) is 2.82. The molecule has 0 fully saturated rings. The van der Waals surface area contributed by atoms with Crippen LogP contribution in [0.15, 0.2) is 46.5 Å². The molecule has 20 heavy (non-hydrogen) atoms. The Bertz CT molecular complexity index is 784. The van der Waals surface area contributed by atoms with E-state index >= 15 is 0 Å². The van der Waals surface area contributed by atoms with Crippen molar-refractivity contribution in [2.24, 2.45) is 0 Å². The summed E-state index contributed by atoms with van der Waals surface area (Å²) in [7, 11) is -3.98. The maximum Gasteiger partial charge on any atom is 0.288 e. The van der Waals surface area contributed by atoms with Crippen molar-refractivity contribution in [2.45, 2.75) is 24.2 Å². The van der Waals surface area contributed by atoms with Crippen molar-refractivity contribution in [1.29, 1.82) is 0 Å². The highest BCUT2D eigenvalue weighted by molar-refractivity contribution is 7.90. The predicted octanol–water partition coefficient (Wildman–Crippen LogP) is 1.38. The molecule has 0 aliphatic heterocycles. The second kappa shape index (κ2) is 5.54. The highest BCUT2D eigenvalue weighted by atomic mass is 32.2. The van der Waals surface area contributed by atoms with Crippen molar-refractivity contribution >= 4 is 9.84 Å². The Hall–Kier alpha value is -2.02. The lowest BCUT2D eigenvalue weighted by Crippen LogP contribution is -2.27. The zero-order valence-electron chi connectivity index (χ0n) is 10.8. The van der Waals surface area contributed by atoms with Gasteiger partial charge in [-0.2, -0.15) is 0 Å². The highest BCUT2D eigenvalue weighted by Crippen LogP contribution is 2.14. The molecule has 0 saturated carbocycles. The Kier molecular flexibility index (Phi) is 3.99. The Morgan fingerprint density at radius 1 is 1.30 bits per heavy atom. The fraction of sp³-hybridized carbons (Fsp3) is 0.231. The first-order valence-corrected chi connectivity index (χ1v) is 7.62. The first kappa shape index (κ1) is 14.4. The molecule has 1 aromatic heterocycles. The molecule has 1 heterocycles. The smallest absolute Gasteiger partial charge is 0.288 e. The third-order valence-corrected chi connectivity index (χ3v) is 4.38. The minimum atomic E-state index is -3.98. The van der Waals surface area contributed by atoms with Crippen LogP contribution in [0.5, 0.6) is 0 Å². The Morgan fingerprint density at radius 3 is 2.65 bits per heavy atom. The molecule has 0 N–H and O–H groups in total. The van der Waals surface area contributed by atoms with Crippen molar-refractivity contribution in [2.75, 3.05) is 0 Å². The largest absolute Gasteiger partial charge is 0.312 e. The minimum absolute atomic E-state index is 0.0144. The summed E-state index contributed by atoms with van der Waals surface area (Å²) >= 11 is 0. The van der Waals surface area contributed by atoms with E-state index in [9.17, 15) is 17.6 Å². The van der Waals surface area contributed by atoms with Gasteiger partial charge in [-0.15, -0.1) is 0 Å². The summed E-state index contributed by atoms with van der Waals surface area (Å²) in [6.45, 7) is 2.05. The van der Waals surface area contributed by atoms with Gasteiger partial charge in [0, 0.05) is 24.5 Å². The molecule has 7 heteroatoms. The fourth-order valence-corrected chi connectivity index (χ4v) is 3.16. The van der Waals surface area contributed by atoms with E-state index in [-0.39, 0.29) is 5.56 Å². The number of hydrogen-bond donors (Lipinski definition) is 0. The molecular weight excluding hydrogens is 283 g/mol. The molecule has 2 aromatic rings. The van der Waals surface area contributed by atoms with Crippen molar-refractivity contribution < 1.29 is 12.8 Å². The molecule has 0 amide bonds. The molecule has 106 valence electrons. The van der Waals surface area contributed by atoms with Gasteiger partial charge in [0.2, 0.25) is 14.9 Å². The zero-order chi connectivity index (χ0) is 14.8. The van der Waals surface area contributed by atoms with Gasteiger partial charge in [-0.25, -0.2) is 17.8 Å². The maximum atomic E-state index is 13.5. The summed E-state index contributed by atoms with van der Waals surface area (Å²) in [5.74, 6) is -1.21. The molecule has 0 bridgehead atoms. The van der Waals surface area contributed by atoms with E-state index in [1.807, 2.05) is 0 Å². The normalized spacial score (nSPS) is 11.5. The SMILES string of the molecule is CCn1ccnc(S(=O)(=O)Cc2ccccc2F)c1=O. The van der Waals surface area contributed by atoms with Gasteiger partial charge in [0.25, 0.3) is 5.56 Å². The monoisotopic (exact) mass is 296 g/mol. The van der Waals surface area contributed by atoms with Gasteiger partial charge in [-0.1, -0.05) is 18.2 Å². The quantitative estimate of drug-likeness (QED) is 0.854. The third kappa shape index (κ3) is 2.77. The van der Waals surface area contributed by atoms with Crippen molar-refractivity contribution in [3.63, 3.8) is 0 Å². The molecule has 1 aromatic carbocycles. The number of aromatic nitrogens is 2. The van der Waals surface area contributed by atoms with Crippen molar-refractivity contribution in [3.8, 4) is 0 Å². The van der Waals surface area contributed by atoms with E-state index in [1.54, 1.807) is 6.92 Å². The number of aryl methyl sites for hydroxylation is 1. The second-order valence-electron chi connectivity index (χ2n) is 4.17. The van der Waals surface area contributed by atoms with Gasteiger partial charge >= 0.3 is 0 Å². The van der Waals surface area contributed by atoms with E-state index in [4.69, 9.17) is 0 Å². The average molecular weight is 296 g/mol. The number of hydrogen-bond acceptors (Lipinski definition) is 4. The van der Waals surface area contributed by atoms with Crippen LogP contribution >= 0.6 is 0 Å². The van der Waals surface area contributed by atoms with Crippen LogP contribution in [-0.4, -0.2) is 18.0 Å². The van der Waals surface area contributed by atoms with Crippen LogP contribution in [0.2, 0.25) is 0 Å². The van der Waals surface area contributed by atoms with Crippen molar-refractivity contribution in [3.05, 3.63) is 58.4 Å². The number of sulfone groups is 1.